The second-order valence-electron chi connectivity index (χ2n) is 6.67. The van der Waals surface area contributed by atoms with E-state index in [4.69, 9.17) is 4.74 Å². The molecule has 1 heterocycles. The second kappa shape index (κ2) is 13.8. The lowest BCUT2D eigenvalue weighted by atomic mass is 10.1. The number of rotatable bonds is 9. The van der Waals surface area contributed by atoms with Crippen molar-refractivity contribution in [2.45, 2.75) is 26.8 Å². The molecule has 1 amide bonds. The lowest BCUT2D eigenvalue weighted by molar-refractivity contribution is 0.0827. The molecule has 7 nitrogen and oxygen atoms in total. The summed E-state index contributed by atoms with van der Waals surface area (Å²) < 4.78 is 5.56. The SMILES string of the molecule is CCNC(=NCc1cccnc1OCC)NCCc1cccc(C(=O)N(C)C)c1.I. The van der Waals surface area contributed by atoms with Gasteiger partial charge in [-0.2, -0.15) is 0 Å². The van der Waals surface area contributed by atoms with Gasteiger partial charge in [0.25, 0.3) is 5.91 Å². The van der Waals surface area contributed by atoms with Crippen molar-refractivity contribution < 1.29 is 9.53 Å². The highest BCUT2D eigenvalue weighted by atomic mass is 127. The Bertz CT molecular complexity index is 827. The lowest BCUT2D eigenvalue weighted by Crippen LogP contribution is -2.38. The van der Waals surface area contributed by atoms with Gasteiger partial charge in [-0.25, -0.2) is 9.98 Å². The number of aliphatic imine (C=N–C) groups is 1. The van der Waals surface area contributed by atoms with Crippen LogP contribution in [0.3, 0.4) is 0 Å². The van der Waals surface area contributed by atoms with Crippen molar-refractivity contribution in [1.82, 2.24) is 20.5 Å². The summed E-state index contributed by atoms with van der Waals surface area (Å²) in [4.78, 5) is 22.6. The quantitative estimate of drug-likeness (QED) is 0.299. The van der Waals surface area contributed by atoms with Gasteiger partial charge in [-0.05, 0) is 44.0 Å². The molecule has 0 radical (unpaired) electrons. The van der Waals surface area contributed by atoms with E-state index in [-0.39, 0.29) is 29.9 Å². The van der Waals surface area contributed by atoms with E-state index >= 15 is 0 Å². The number of ether oxygens (including phenoxy) is 1. The Kier molecular flexibility index (Phi) is 11.8. The monoisotopic (exact) mass is 525 g/mol. The topological polar surface area (TPSA) is 78.9 Å². The van der Waals surface area contributed by atoms with E-state index < -0.39 is 0 Å². The molecule has 0 saturated heterocycles. The summed E-state index contributed by atoms with van der Waals surface area (Å²) in [5.41, 5.74) is 2.75. The number of halogens is 1. The molecule has 2 N–H and O–H groups in total. The Morgan fingerprint density at radius 2 is 1.97 bits per heavy atom. The highest BCUT2D eigenvalue weighted by Crippen LogP contribution is 2.15. The molecular weight excluding hydrogens is 493 g/mol. The van der Waals surface area contributed by atoms with Gasteiger partial charge >= 0.3 is 0 Å². The molecule has 164 valence electrons. The third kappa shape index (κ3) is 8.17. The third-order valence-electron chi connectivity index (χ3n) is 4.17. The van der Waals surface area contributed by atoms with E-state index in [1.165, 1.54) is 0 Å². The number of hydrogen-bond acceptors (Lipinski definition) is 4. The molecule has 0 atom stereocenters. The van der Waals surface area contributed by atoms with Gasteiger partial charge in [0, 0.05) is 44.5 Å². The van der Waals surface area contributed by atoms with Crippen molar-refractivity contribution in [1.29, 1.82) is 0 Å². The summed E-state index contributed by atoms with van der Waals surface area (Å²) in [6.45, 7) is 6.49. The van der Waals surface area contributed by atoms with Crippen LogP contribution in [0.25, 0.3) is 0 Å². The number of hydrogen-bond donors (Lipinski definition) is 2. The number of pyridine rings is 1. The molecule has 0 aliphatic rings. The molecule has 1 aromatic carbocycles. The van der Waals surface area contributed by atoms with Gasteiger partial charge in [-0.15, -0.1) is 24.0 Å². The zero-order chi connectivity index (χ0) is 21.1. The molecule has 8 heteroatoms. The standard InChI is InChI=1S/C22H31N5O2.HI/c1-5-23-22(26-16-19-11-8-13-24-20(19)29-6-2)25-14-12-17-9-7-10-18(15-17)21(28)27(3)4;/h7-11,13,15H,5-6,12,14,16H2,1-4H3,(H2,23,25,26);1H. The first-order valence-corrected chi connectivity index (χ1v) is 9.94. The first-order chi connectivity index (χ1) is 14.0. The summed E-state index contributed by atoms with van der Waals surface area (Å²) in [7, 11) is 3.52. The fourth-order valence-electron chi connectivity index (χ4n) is 2.76. The molecule has 2 aromatic rings. The summed E-state index contributed by atoms with van der Waals surface area (Å²) in [5.74, 6) is 1.37. The van der Waals surface area contributed by atoms with Crippen molar-refractivity contribution in [3.8, 4) is 5.88 Å². The number of amides is 1. The summed E-state index contributed by atoms with van der Waals surface area (Å²) in [6.07, 6.45) is 2.51. The van der Waals surface area contributed by atoms with Gasteiger partial charge in [-0.1, -0.05) is 18.2 Å². The third-order valence-corrected chi connectivity index (χ3v) is 4.17. The number of guanidine groups is 1. The molecule has 0 aliphatic heterocycles. The van der Waals surface area contributed by atoms with E-state index in [1.54, 1.807) is 25.2 Å². The smallest absolute Gasteiger partial charge is 0.253 e. The summed E-state index contributed by atoms with van der Waals surface area (Å²) in [6, 6.07) is 11.6. The average Bonchev–Trinajstić information content (AvgIpc) is 2.72. The minimum absolute atomic E-state index is 0. The normalized spacial score (nSPS) is 10.7. The Morgan fingerprint density at radius 3 is 2.67 bits per heavy atom. The Labute approximate surface area is 196 Å². The van der Waals surface area contributed by atoms with Crippen LogP contribution in [0.5, 0.6) is 5.88 Å². The van der Waals surface area contributed by atoms with E-state index in [2.05, 4.69) is 20.6 Å². The van der Waals surface area contributed by atoms with Crippen molar-refractivity contribution in [3.05, 3.63) is 59.3 Å². The molecule has 30 heavy (non-hydrogen) atoms. The molecule has 0 aliphatic carbocycles. The van der Waals surface area contributed by atoms with Crippen LogP contribution in [-0.2, 0) is 13.0 Å². The van der Waals surface area contributed by atoms with Gasteiger partial charge in [0.05, 0.1) is 13.2 Å². The maximum atomic E-state index is 12.1. The van der Waals surface area contributed by atoms with Crippen LogP contribution < -0.4 is 15.4 Å². The van der Waals surface area contributed by atoms with E-state index in [1.807, 2.05) is 50.2 Å². The van der Waals surface area contributed by atoms with E-state index in [0.29, 0.717) is 31.1 Å². The van der Waals surface area contributed by atoms with Gasteiger partial charge < -0.3 is 20.3 Å². The second-order valence-corrected chi connectivity index (χ2v) is 6.67. The summed E-state index contributed by atoms with van der Waals surface area (Å²) in [5, 5.41) is 6.60. The predicted octanol–water partition coefficient (Wildman–Crippen LogP) is 3.10. The molecular formula is C22H32IN5O2. The maximum Gasteiger partial charge on any atom is 0.253 e. The largest absolute Gasteiger partial charge is 0.478 e. The van der Waals surface area contributed by atoms with E-state index in [0.717, 1.165) is 30.1 Å². The van der Waals surface area contributed by atoms with Crippen LogP contribution in [0.1, 0.15) is 35.3 Å². The zero-order valence-corrected chi connectivity index (χ0v) is 20.5. The maximum absolute atomic E-state index is 12.1. The summed E-state index contributed by atoms with van der Waals surface area (Å²) >= 11 is 0. The van der Waals surface area contributed by atoms with Gasteiger partial charge in [0.2, 0.25) is 5.88 Å². The van der Waals surface area contributed by atoms with Crippen LogP contribution in [0, 0.1) is 0 Å². The number of aromatic nitrogens is 1. The van der Waals surface area contributed by atoms with Crippen molar-refractivity contribution >= 4 is 35.8 Å². The lowest BCUT2D eigenvalue weighted by Gasteiger charge is -2.13. The number of benzene rings is 1. The molecule has 1 aromatic heterocycles. The van der Waals surface area contributed by atoms with Gasteiger partial charge in [-0.3, -0.25) is 4.79 Å². The van der Waals surface area contributed by atoms with Crippen LogP contribution in [-0.4, -0.2) is 55.5 Å². The average molecular weight is 525 g/mol. The number of nitrogens with one attached hydrogen (secondary N) is 2. The van der Waals surface area contributed by atoms with Crippen LogP contribution >= 0.6 is 24.0 Å². The fourth-order valence-corrected chi connectivity index (χ4v) is 2.76. The zero-order valence-electron chi connectivity index (χ0n) is 18.1. The molecule has 0 saturated carbocycles. The highest BCUT2D eigenvalue weighted by molar-refractivity contribution is 14.0. The molecule has 2 rings (SSSR count). The first-order valence-electron chi connectivity index (χ1n) is 9.94. The highest BCUT2D eigenvalue weighted by Gasteiger charge is 2.08. The molecule has 0 fully saturated rings. The van der Waals surface area contributed by atoms with E-state index in [9.17, 15) is 4.79 Å². The van der Waals surface area contributed by atoms with Crippen molar-refractivity contribution in [2.75, 3.05) is 33.8 Å². The Balaban J connectivity index is 0.00000450. The van der Waals surface area contributed by atoms with Crippen LogP contribution in [0.2, 0.25) is 0 Å². The van der Waals surface area contributed by atoms with Crippen LogP contribution in [0.4, 0.5) is 0 Å². The van der Waals surface area contributed by atoms with Gasteiger partial charge in [0.1, 0.15) is 0 Å². The molecule has 0 spiro atoms. The number of carbonyl (C=O) groups is 1. The molecule has 0 unspecified atom stereocenters. The van der Waals surface area contributed by atoms with Crippen molar-refractivity contribution in [2.24, 2.45) is 4.99 Å². The van der Waals surface area contributed by atoms with Gasteiger partial charge in [0.15, 0.2) is 5.96 Å². The number of carbonyl (C=O) groups excluding carboxylic acids is 1. The Morgan fingerprint density at radius 1 is 1.17 bits per heavy atom. The predicted molar refractivity (Wildman–Crippen MR) is 132 cm³/mol. The fraction of sp³-hybridized carbons (Fsp3) is 0.409. The molecule has 0 bridgehead atoms. The Hall–Kier alpha value is -2.36. The number of nitrogens with zero attached hydrogens (tertiary/aromatic N) is 3. The minimum atomic E-state index is 0. The van der Waals surface area contributed by atoms with Crippen LogP contribution in [0.15, 0.2) is 47.6 Å². The van der Waals surface area contributed by atoms with Crippen molar-refractivity contribution in [3.63, 3.8) is 0 Å². The first kappa shape index (κ1) is 25.7. The minimum Gasteiger partial charge on any atom is -0.478 e.